The summed E-state index contributed by atoms with van der Waals surface area (Å²) in [6, 6.07) is 20.7. The van der Waals surface area contributed by atoms with Crippen LogP contribution in [0.25, 0.3) is 22.2 Å². The smallest absolute Gasteiger partial charge is 0.119 e. The zero-order chi connectivity index (χ0) is 26.1. The quantitative estimate of drug-likeness (QED) is 0.281. The summed E-state index contributed by atoms with van der Waals surface area (Å²) in [6.07, 6.45) is 6.44. The van der Waals surface area contributed by atoms with Crippen LogP contribution in [0.15, 0.2) is 67.0 Å². The van der Waals surface area contributed by atoms with Crippen molar-refractivity contribution in [3.8, 4) is 11.5 Å². The molecule has 1 fully saturated rings. The standard InChI is InChI=1S/C32H34FN3O2.CH4/c1-35-21-34-30-13-8-24(19-31(30)35)28-5-2-4-23-18-25(37)9-12-29(23)32(28)22-6-10-26(11-7-22)38-27-14-17-36(20-27)16-3-15-33;/h6-13,18-19,21,27,37H,2-5,14-17,20H2,1H3;1H4/t27-;/m0./s1. The molecule has 4 aromatic rings. The van der Waals surface area contributed by atoms with Gasteiger partial charge in [0, 0.05) is 26.7 Å². The molecule has 1 atom stereocenters. The number of halogens is 1. The van der Waals surface area contributed by atoms with E-state index in [-0.39, 0.29) is 20.2 Å². The van der Waals surface area contributed by atoms with Crippen LogP contribution < -0.4 is 4.74 Å². The van der Waals surface area contributed by atoms with Gasteiger partial charge in [-0.2, -0.15) is 0 Å². The number of hydrogen-bond acceptors (Lipinski definition) is 4. The summed E-state index contributed by atoms with van der Waals surface area (Å²) >= 11 is 0. The normalized spacial score (nSPS) is 17.6. The van der Waals surface area contributed by atoms with E-state index in [1.54, 1.807) is 6.07 Å². The van der Waals surface area contributed by atoms with Crippen molar-refractivity contribution >= 4 is 22.2 Å². The van der Waals surface area contributed by atoms with E-state index in [1.165, 1.54) is 27.8 Å². The SMILES string of the molecule is C.Cn1cnc2ccc(C3=C(c4ccc(O[C@H]5CCN(CCCF)C5)cc4)c4ccc(O)cc4CCC3)cc21. The van der Waals surface area contributed by atoms with Crippen molar-refractivity contribution in [2.24, 2.45) is 7.05 Å². The molecule has 3 aromatic carbocycles. The summed E-state index contributed by atoms with van der Waals surface area (Å²) in [5, 5.41) is 10.2. The lowest BCUT2D eigenvalue weighted by molar-refractivity contribution is 0.198. The topological polar surface area (TPSA) is 50.5 Å². The highest BCUT2D eigenvalue weighted by Crippen LogP contribution is 2.41. The number of aromatic nitrogens is 2. The van der Waals surface area contributed by atoms with E-state index in [2.05, 4.69) is 63.0 Å². The molecular weight excluding hydrogens is 489 g/mol. The van der Waals surface area contributed by atoms with E-state index in [9.17, 15) is 9.50 Å². The Morgan fingerprint density at radius 2 is 1.85 bits per heavy atom. The van der Waals surface area contributed by atoms with Gasteiger partial charge in [0.1, 0.15) is 17.6 Å². The predicted molar refractivity (Wildman–Crippen MR) is 157 cm³/mol. The molecule has 0 bridgehead atoms. The maximum absolute atomic E-state index is 12.5. The summed E-state index contributed by atoms with van der Waals surface area (Å²) in [5.41, 5.74) is 9.33. The molecule has 1 aliphatic heterocycles. The van der Waals surface area contributed by atoms with Gasteiger partial charge in [0.25, 0.3) is 0 Å². The fraction of sp³-hybridized carbons (Fsp3) is 0.364. The maximum atomic E-state index is 12.5. The Morgan fingerprint density at radius 3 is 2.67 bits per heavy atom. The van der Waals surface area contributed by atoms with Gasteiger partial charge in [0.05, 0.1) is 24.0 Å². The largest absolute Gasteiger partial charge is 0.508 e. The van der Waals surface area contributed by atoms with E-state index >= 15 is 0 Å². The van der Waals surface area contributed by atoms with Gasteiger partial charge in [-0.15, -0.1) is 0 Å². The van der Waals surface area contributed by atoms with Crippen LogP contribution in [-0.4, -0.2) is 52.0 Å². The van der Waals surface area contributed by atoms with Gasteiger partial charge in [0.2, 0.25) is 0 Å². The Kier molecular flexibility index (Phi) is 8.03. The predicted octanol–water partition coefficient (Wildman–Crippen LogP) is 7.02. The molecular formula is C33H38FN3O2. The first-order valence-electron chi connectivity index (χ1n) is 13.6. The number of imidazole rings is 1. The third kappa shape index (κ3) is 5.57. The van der Waals surface area contributed by atoms with Gasteiger partial charge in [-0.05, 0) is 102 Å². The number of benzene rings is 3. The fourth-order valence-corrected chi connectivity index (χ4v) is 5.98. The molecule has 0 unspecified atom stereocenters. The molecule has 0 spiro atoms. The summed E-state index contributed by atoms with van der Waals surface area (Å²) in [4.78, 5) is 6.79. The minimum absolute atomic E-state index is 0. The molecule has 1 N–H and O–H groups in total. The van der Waals surface area contributed by atoms with Gasteiger partial charge in [-0.25, -0.2) is 4.98 Å². The van der Waals surface area contributed by atoms with Crippen LogP contribution >= 0.6 is 0 Å². The van der Waals surface area contributed by atoms with Crippen LogP contribution in [0.4, 0.5) is 4.39 Å². The first-order chi connectivity index (χ1) is 18.6. The molecule has 6 heteroatoms. The van der Waals surface area contributed by atoms with E-state index in [0.29, 0.717) is 12.2 Å². The average molecular weight is 528 g/mol. The minimum Gasteiger partial charge on any atom is -0.508 e. The van der Waals surface area contributed by atoms with Crippen LogP contribution in [0.3, 0.4) is 0 Å². The van der Waals surface area contributed by atoms with E-state index < -0.39 is 0 Å². The number of ether oxygens (including phenoxy) is 1. The molecule has 0 amide bonds. The van der Waals surface area contributed by atoms with Crippen molar-refractivity contribution in [2.45, 2.75) is 45.6 Å². The zero-order valence-corrected chi connectivity index (χ0v) is 21.9. The lowest BCUT2D eigenvalue weighted by Crippen LogP contribution is -2.26. The van der Waals surface area contributed by atoms with Crippen molar-refractivity contribution in [3.05, 3.63) is 89.2 Å². The first-order valence-corrected chi connectivity index (χ1v) is 13.6. The number of allylic oxidation sites excluding steroid dienone is 1. The summed E-state index contributed by atoms with van der Waals surface area (Å²) in [7, 11) is 2.03. The fourth-order valence-electron chi connectivity index (χ4n) is 5.98. The highest BCUT2D eigenvalue weighted by Gasteiger charge is 2.24. The first kappa shape index (κ1) is 26.9. The monoisotopic (exact) mass is 527 g/mol. The number of rotatable bonds is 7. The van der Waals surface area contributed by atoms with Gasteiger partial charge in [-0.1, -0.05) is 31.7 Å². The highest BCUT2D eigenvalue weighted by molar-refractivity contribution is 6.01. The summed E-state index contributed by atoms with van der Waals surface area (Å²) in [5.74, 6) is 1.17. The highest BCUT2D eigenvalue weighted by atomic mass is 19.1. The number of hydrogen-bond donors (Lipinski definition) is 1. The van der Waals surface area contributed by atoms with E-state index in [4.69, 9.17) is 4.74 Å². The number of likely N-dealkylation sites (tertiary alicyclic amines) is 1. The molecule has 1 aromatic heterocycles. The Hall–Kier alpha value is -3.64. The molecule has 6 rings (SSSR count). The second-order valence-corrected chi connectivity index (χ2v) is 10.5. The van der Waals surface area contributed by atoms with Gasteiger partial charge in [0.15, 0.2) is 0 Å². The van der Waals surface area contributed by atoms with Gasteiger partial charge < -0.3 is 14.4 Å². The van der Waals surface area contributed by atoms with Crippen molar-refractivity contribution in [2.75, 3.05) is 26.3 Å². The van der Waals surface area contributed by atoms with Crippen molar-refractivity contribution < 1.29 is 14.2 Å². The van der Waals surface area contributed by atoms with Crippen LogP contribution in [0.2, 0.25) is 0 Å². The number of aryl methyl sites for hydroxylation is 2. The number of nitrogens with zero attached hydrogens (tertiary/aromatic N) is 3. The van der Waals surface area contributed by atoms with E-state index in [0.717, 1.165) is 67.7 Å². The van der Waals surface area contributed by atoms with E-state index in [1.807, 2.05) is 19.4 Å². The molecule has 1 aliphatic carbocycles. The Morgan fingerprint density at radius 1 is 1.03 bits per heavy atom. The maximum Gasteiger partial charge on any atom is 0.119 e. The summed E-state index contributed by atoms with van der Waals surface area (Å²) in [6.45, 7) is 2.35. The summed E-state index contributed by atoms with van der Waals surface area (Å²) < 4.78 is 20.9. The van der Waals surface area contributed by atoms with Crippen LogP contribution in [0, 0.1) is 0 Å². The lowest BCUT2D eigenvalue weighted by atomic mass is 9.87. The molecule has 0 radical (unpaired) electrons. The molecule has 2 aliphatic rings. The van der Waals surface area contributed by atoms with Crippen molar-refractivity contribution in [1.29, 1.82) is 0 Å². The number of alkyl halides is 1. The van der Waals surface area contributed by atoms with Crippen molar-refractivity contribution in [1.82, 2.24) is 14.5 Å². The molecule has 0 saturated carbocycles. The lowest BCUT2D eigenvalue weighted by Gasteiger charge is -2.19. The molecule has 5 nitrogen and oxygen atoms in total. The Labute approximate surface area is 230 Å². The van der Waals surface area contributed by atoms with Crippen LogP contribution in [0.1, 0.15) is 55.4 Å². The Balaban J connectivity index is 0.00000308. The zero-order valence-electron chi connectivity index (χ0n) is 21.9. The van der Waals surface area contributed by atoms with Gasteiger partial charge in [-0.3, -0.25) is 9.29 Å². The minimum atomic E-state index is -0.264. The molecule has 1 saturated heterocycles. The molecule has 39 heavy (non-hydrogen) atoms. The third-order valence-electron chi connectivity index (χ3n) is 7.89. The van der Waals surface area contributed by atoms with Crippen molar-refractivity contribution in [3.63, 3.8) is 0 Å². The Bertz CT molecular complexity index is 1470. The number of aromatic hydroxyl groups is 1. The number of fused-ring (bicyclic) bond motifs is 2. The molecule has 2 heterocycles. The number of phenols is 1. The van der Waals surface area contributed by atoms with Gasteiger partial charge >= 0.3 is 0 Å². The number of phenolic OH excluding ortho intramolecular Hbond substituents is 1. The second kappa shape index (κ2) is 11.6. The van der Waals surface area contributed by atoms with Crippen LogP contribution in [-0.2, 0) is 13.5 Å². The molecule has 204 valence electrons. The third-order valence-corrected chi connectivity index (χ3v) is 7.89. The van der Waals surface area contributed by atoms with Crippen LogP contribution in [0.5, 0.6) is 11.5 Å². The average Bonchev–Trinajstić information content (AvgIpc) is 3.48. The second-order valence-electron chi connectivity index (χ2n) is 10.5.